The average molecular weight is 591 g/mol. The number of Topliss-reactive ketones (excluding diaryl/α,β-unsaturated/α-hetero) is 1. The molecular formula is C35H30N2O5S. The summed E-state index contributed by atoms with van der Waals surface area (Å²) in [6.45, 7) is 4.99. The second-order valence-corrected chi connectivity index (χ2v) is 11.4. The number of carbonyl (C=O) groups is 2. The van der Waals surface area contributed by atoms with E-state index in [1.807, 2.05) is 74.5 Å². The Morgan fingerprint density at radius 1 is 0.907 bits per heavy atom. The summed E-state index contributed by atoms with van der Waals surface area (Å²) < 4.78 is 12.5. The van der Waals surface area contributed by atoms with Gasteiger partial charge in [-0.05, 0) is 78.6 Å². The predicted molar refractivity (Wildman–Crippen MR) is 169 cm³/mol. The fourth-order valence-electron chi connectivity index (χ4n) is 5.04. The van der Waals surface area contributed by atoms with E-state index in [2.05, 4.69) is 0 Å². The minimum atomic E-state index is -0.888. The Kier molecular flexibility index (Phi) is 7.94. The Bertz CT molecular complexity index is 1810. The van der Waals surface area contributed by atoms with Gasteiger partial charge in [-0.1, -0.05) is 66.8 Å². The third-order valence-electron chi connectivity index (χ3n) is 7.23. The predicted octanol–water partition coefficient (Wildman–Crippen LogP) is 7.60. The van der Waals surface area contributed by atoms with E-state index in [4.69, 9.17) is 14.5 Å². The molecule has 1 aliphatic rings. The maximum Gasteiger partial charge on any atom is 0.301 e. The molecule has 1 atom stereocenters. The van der Waals surface area contributed by atoms with Crippen LogP contribution in [0.3, 0.4) is 0 Å². The lowest BCUT2D eigenvalue weighted by molar-refractivity contribution is -0.132. The molecule has 0 radical (unpaired) electrons. The zero-order chi connectivity index (χ0) is 29.9. The van der Waals surface area contributed by atoms with Crippen LogP contribution in [-0.2, 0) is 16.2 Å². The van der Waals surface area contributed by atoms with Gasteiger partial charge in [0.1, 0.15) is 23.9 Å². The van der Waals surface area contributed by atoms with E-state index in [9.17, 15) is 14.7 Å². The molecule has 5 aromatic rings. The largest absolute Gasteiger partial charge is 0.507 e. The molecule has 1 N–H and O–H groups in total. The Hall–Kier alpha value is -4.95. The highest BCUT2D eigenvalue weighted by molar-refractivity contribution is 7.22. The first kappa shape index (κ1) is 28.2. The standard InChI is InChI=1S/C35H30N2O5S/c1-3-19-41-26-16-12-25(13-17-26)32(38)30-31(24-10-14-27(15-11-24)42-21-23-7-5-4-6-8-23)37(34(40)33(30)39)35-36-28-18-9-22(2)20-29(28)43-35/h4-18,20,31,38H,3,19,21H2,1-2H3/b32-30+. The van der Waals surface area contributed by atoms with Crippen LogP contribution in [0, 0.1) is 6.92 Å². The van der Waals surface area contributed by atoms with Gasteiger partial charge in [0.2, 0.25) is 0 Å². The van der Waals surface area contributed by atoms with Gasteiger partial charge in [0.15, 0.2) is 5.13 Å². The van der Waals surface area contributed by atoms with Gasteiger partial charge in [0.05, 0.1) is 28.4 Å². The number of fused-ring (bicyclic) bond motifs is 1. The third-order valence-corrected chi connectivity index (χ3v) is 8.25. The van der Waals surface area contributed by atoms with Crippen molar-refractivity contribution in [3.63, 3.8) is 0 Å². The van der Waals surface area contributed by atoms with Gasteiger partial charge in [-0.25, -0.2) is 4.98 Å². The molecule has 0 bridgehead atoms. The minimum absolute atomic E-state index is 0.000571. The fourth-order valence-corrected chi connectivity index (χ4v) is 6.13. The number of aromatic nitrogens is 1. The molecule has 1 unspecified atom stereocenters. The lowest BCUT2D eigenvalue weighted by atomic mass is 9.95. The molecule has 1 aromatic heterocycles. The van der Waals surface area contributed by atoms with Crippen LogP contribution < -0.4 is 14.4 Å². The summed E-state index contributed by atoms with van der Waals surface area (Å²) >= 11 is 1.34. The summed E-state index contributed by atoms with van der Waals surface area (Å²) in [6.07, 6.45) is 0.868. The molecule has 8 heteroatoms. The van der Waals surface area contributed by atoms with Gasteiger partial charge in [0, 0.05) is 5.56 Å². The van der Waals surface area contributed by atoms with Gasteiger partial charge in [-0.2, -0.15) is 0 Å². The topological polar surface area (TPSA) is 89.0 Å². The molecule has 7 nitrogen and oxygen atoms in total. The highest BCUT2D eigenvalue weighted by atomic mass is 32.1. The van der Waals surface area contributed by atoms with Gasteiger partial charge in [-0.3, -0.25) is 14.5 Å². The van der Waals surface area contributed by atoms with Crippen LogP contribution in [-0.4, -0.2) is 28.4 Å². The maximum absolute atomic E-state index is 13.6. The number of carbonyl (C=O) groups excluding carboxylic acids is 2. The fraction of sp³-hybridized carbons (Fsp3) is 0.171. The first-order valence-corrected chi connectivity index (χ1v) is 14.9. The van der Waals surface area contributed by atoms with E-state index in [-0.39, 0.29) is 11.3 Å². The minimum Gasteiger partial charge on any atom is -0.507 e. The number of anilines is 1. The number of aliphatic hydroxyl groups excluding tert-OH is 1. The SMILES string of the molecule is CCCOc1ccc(/C(O)=C2\C(=O)C(=O)N(c3nc4ccc(C)cc4s3)C2c2ccc(OCc3ccccc3)cc2)cc1. The first-order valence-electron chi connectivity index (χ1n) is 14.1. The molecule has 4 aromatic carbocycles. The van der Waals surface area contributed by atoms with Crippen molar-refractivity contribution in [1.82, 2.24) is 4.98 Å². The summed E-state index contributed by atoms with van der Waals surface area (Å²) in [5.74, 6) is -0.466. The number of hydrogen-bond donors (Lipinski definition) is 1. The van der Waals surface area contributed by atoms with Crippen molar-refractivity contribution in [1.29, 1.82) is 0 Å². The highest BCUT2D eigenvalue weighted by Gasteiger charge is 2.48. The van der Waals surface area contributed by atoms with Gasteiger partial charge in [-0.15, -0.1) is 0 Å². The van der Waals surface area contributed by atoms with E-state index in [1.54, 1.807) is 36.4 Å². The van der Waals surface area contributed by atoms with Gasteiger partial charge >= 0.3 is 5.91 Å². The summed E-state index contributed by atoms with van der Waals surface area (Å²) in [5.41, 5.74) is 3.90. The second kappa shape index (κ2) is 12.1. The van der Waals surface area contributed by atoms with Gasteiger partial charge in [0.25, 0.3) is 5.78 Å². The van der Waals surface area contributed by atoms with Crippen molar-refractivity contribution in [2.75, 3.05) is 11.5 Å². The molecule has 0 aliphatic carbocycles. The monoisotopic (exact) mass is 590 g/mol. The molecule has 1 fully saturated rings. The van der Waals surface area contributed by atoms with Crippen LogP contribution in [0.4, 0.5) is 5.13 Å². The van der Waals surface area contributed by atoms with Crippen LogP contribution in [0.2, 0.25) is 0 Å². The molecular weight excluding hydrogens is 560 g/mol. The molecule has 6 rings (SSSR count). The number of benzene rings is 4. The number of thiazole rings is 1. The molecule has 1 aliphatic heterocycles. The Morgan fingerprint density at radius 2 is 1.60 bits per heavy atom. The Labute approximate surface area is 253 Å². The number of aryl methyl sites for hydroxylation is 1. The molecule has 43 heavy (non-hydrogen) atoms. The first-order chi connectivity index (χ1) is 20.9. The van der Waals surface area contributed by atoms with Crippen molar-refractivity contribution in [2.24, 2.45) is 0 Å². The molecule has 216 valence electrons. The number of aliphatic hydroxyl groups is 1. The van der Waals surface area contributed by atoms with Crippen molar-refractivity contribution < 1.29 is 24.2 Å². The quantitative estimate of drug-likeness (QED) is 0.108. The van der Waals surface area contributed by atoms with E-state index in [0.717, 1.165) is 27.8 Å². The van der Waals surface area contributed by atoms with Crippen molar-refractivity contribution in [3.05, 3.63) is 125 Å². The summed E-state index contributed by atoms with van der Waals surface area (Å²) in [6, 6.07) is 28.9. The average Bonchev–Trinajstić information content (AvgIpc) is 3.56. The summed E-state index contributed by atoms with van der Waals surface area (Å²) in [5, 5.41) is 11.9. The number of ether oxygens (including phenoxy) is 2. The Morgan fingerprint density at radius 3 is 2.33 bits per heavy atom. The highest BCUT2D eigenvalue weighted by Crippen LogP contribution is 2.44. The van der Waals surface area contributed by atoms with Crippen molar-refractivity contribution in [2.45, 2.75) is 32.9 Å². The summed E-state index contributed by atoms with van der Waals surface area (Å²) in [7, 11) is 0. The van der Waals surface area contributed by atoms with Crippen LogP contribution >= 0.6 is 11.3 Å². The normalized spacial score (nSPS) is 16.1. The van der Waals surface area contributed by atoms with E-state index >= 15 is 0 Å². The zero-order valence-corrected chi connectivity index (χ0v) is 24.6. The smallest absolute Gasteiger partial charge is 0.301 e. The number of amides is 1. The van der Waals surface area contributed by atoms with Crippen molar-refractivity contribution >= 4 is 44.1 Å². The number of rotatable bonds is 9. The van der Waals surface area contributed by atoms with E-state index in [1.165, 1.54) is 16.2 Å². The molecule has 0 spiro atoms. The van der Waals surface area contributed by atoms with Crippen LogP contribution in [0.1, 0.15) is 41.6 Å². The van der Waals surface area contributed by atoms with Crippen LogP contribution in [0.5, 0.6) is 11.5 Å². The number of hydrogen-bond acceptors (Lipinski definition) is 7. The van der Waals surface area contributed by atoms with Crippen molar-refractivity contribution in [3.8, 4) is 11.5 Å². The Balaban J connectivity index is 1.40. The number of nitrogens with zero attached hydrogens (tertiary/aromatic N) is 2. The van der Waals surface area contributed by atoms with Gasteiger partial charge < -0.3 is 14.6 Å². The third kappa shape index (κ3) is 5.74. The maximum atomic E-state index is 13.6. The molecule has 1 amide bonds. The lowest BCUT2D eigenvalue weighted by Crippen LogP contribution is -2.29. The zero-order valence-electron chi connectivity index (χ0n) is 23.8. The summed E-state index contributed by atoms with van der Waals surface area (Å²) in [4.78, 5) is 33.3. The molecule has 0 saturated carbocycles. The second-order valence-electron chi connectivity index (χ2n) is 10.4. The van der Waals surface area contributed by atoms with E-state index in [0.29, 0.717) is 41.0 Å². The lowest BCUT2D eigenvalue weighted by Gasteiger charge is -2.23. The van der Waals surface area contributed by atoms with E-state index < -0.39 is 17.7 Å². The molecule has 1 saturated heterocycles. The number of ketones is 1. The molecule has 2 heterocycles. The van der Waals surface area contributed by atoms with Crippen LogP contribution in [0.25, 0.3) is 16.0 Å². The van der Waals surface area contributed by atoms with Crippen LogP contribution in [0.15, 0.2) is 103 Å².